The van der Waals surface area contributed by atoms with Gasteiger partial charge in [-0.25, -0.2) is 0 Å². The van der Waals surface area contributed by atoms with Crippen molar-refractivity contribution < 1.29 is 4.74 Å². The highest BCUT2D eigenvalue weighted by Crippen LogP contribution is 2.32. The van der Waals surface area contributed by atoms with Crippen molar-refractivity contribution in [3.63, 3.8) is 0 Å². The molecule has 3 nitrogen and oxygen atoms in total. The van der Waals surface area contributed by atoms with Crippen LogP contribution in [0.2, 0.25) is 0 Å². The number of hydrogen-bond acceptors (Lipinski definition) is 2. The van der Waals surface area contributed by atoms with Crippen molar-refractivity contribution in [1.29, 1.82) is 0 Å². The first-order valence-corrected chi connectivity index (χ1v) is 6.11. The minimum atomic E-state index is 0.656. The number of hydrogen-bond donors (Lipinski definition) is 0. The van der Waals surface area contributed by atoms with E-state index in [0.29, 0.717) is 23.8 Å². The maximum Gasteiger partial charge on any atom is 0.341 e. The second-order valence-electron chi connectivity index (χ2n) is 4.62. The van der Waals surface area contributed by atoms with Crippen molar-refractivity contribution in [3.05, 3.63) is 52.2 Å². The van der Waals surface area contributed by atoms with Crippen LogP contribution in [-0.4, -0.2) is 6.61 Å². The number of benzene rings is 2. The molecule has 1 fully saturated rings. The monoisotopic (exact) mass is 239 g/mol. The number of fused-ring (bicyclic) bond motifs is 1. The largest absolute Gasteiger partial charge is 0.498 e. The first-order chi connectivity index (χ1) is 8.88. The van der Waals surface area contributed by atoms with Crippen LogP contribution in [0.1, 0.15) is 18.4 Å². The normalized spacial score (nSPS) is 14.0. The van der Waals surface area contributed by atoms with Gasteiger partial charge in [0.15, 0.2) is 5.56 Å². The van der Waals surface area contributed by atoms with Gasteiger partial charge < -0.3 is 9.94 Å². The van der Waals surface area contributed by atoms with Crippen LogP contribution in [0.4, 0.5) is 0 Å². The summed E-state index contributed by atoms with van der Waals surface area (Å²) in [6.07, 6.45) is 2.48. The van der Waals surface area contributed by atoms with Gasteiger partial charge in [0.25, 0.3) is 0 Å². The molecule has 2 aromatic carbocycles. The van der Waals surface area contributed by atoms with E-state index >= 15 is 0 Å². The molecule has 1 aliphatic rings. The Labute approximate surface area is 105 Å². The van der Waals surface area contributed by atoms with Gasteiger partial charge in [0.05, 0.1) is 6.61 Å². The molecular formula is C15H13NO2. The number of ether oxygens (including phenoxy) is 1. The molecule has 18 heavy (non-hydrogen) atoms. The second-order valence-corrected chi connectivity index (χ2v) is 4.62. The third kappa shape index (κ3) is 2.10. The third-order valence-corrected chi connectivity index (χ3v) is 3.22. The summed E-state index contributed by atoms with van der Waals surface area (Å²) < 4.78 is 5.76. The highest BCUT2D eigenvalue weighted by molar-refractivity contribution is 5.90. The highest BCUT2D eigenvalue weighted by atomic mass is 16.5. The lowest BCUT2D eigenvalue weighted by atomic mass is 10.0. The van der Waals surface area contributed by atoms with Gasteiger partial charge in [0.2, 0.25) is 0 Å². The average molecular weight is 239 g/mol. The van der Waals surface area contributed by atoms with Crippen molar-refractivity contribution in [3.8, 4) is 11.8 Å². The molecule has 90 valence electrons. The van der Waals surface area contributed by atoms with Crippen LogP contribution in [0, 0.1) is 17.2 Å². The van der Waals surface area contributed by atoms with Gasteiger partial charge in [-0.1, -0.05) is 30.3 Å². The van der Waals surface area contributed by atoms with Gasteiger partial charge in [-0.2, -0.15) is 0 Å². The summed E-state index contributed by atoms with van der Waals surface area (Å²) in [6, 6.07) is 14.2. The van der Waals surface area contributed by atoms with Crippen LogP contribution in [0.25, 0.3) is 15.8 Å². The quantitative estimate of drug-likeness (QED) is 0.764. The van der Waals surface area contributed by atoms with Crippen LogP contribution in [0.3, 0.4) is 0 Å². The van der Waals surface area contributed by atoms with E-state index in [4.69, 9.17) is 4.74 Å². The Kier molecular flexibility index (Phi) is 2.77. The first-order valence-electron chi connectivity index (χ1n) is 6.11. The Hall–Kier alpha value is -2.21. The zero-order valence-corrected chi connectivity index (χ0v) is 9.93. The standard InChI is InChI=1S/C15H13NO2/c17-16-9-14-13-4-2-1-3-12(13)7-8-15(14)18-10-11-5-6-11/h1-4,7-8,11H,5-6,10H2. The summed E-state index contributed by atoms with van der Waals surface area (Å²) in [5, 5.41) is 15.3. The molecule has 3 heteroatoms. The fourth-order valence-corrected chi connectivity index (χ4v) is 2.02. The Morgan fingerprint density at radius 3 is 2.83 bits per heavy atom. The summed E-state index contributed by atoms with van der Waals surface area (Å²) in [5.74, 6) is 1.37. The lowest BCUT2D eigenvalue weighted by molar-refractivity contribution is 0.299. The van der Waals surface area contributed by atoms with Crippen LogP contribution in [0.15, 0.2) is 36.4 Å². The summed E-state index contributed by atoms with van der Waals surface area (Å²) in [7, 11) is 0. The van der Waals surface area contributed by atoms with E-state index in [-0.39, 0.29) is 0 Å². The van der Waals surface area contributed by atoms with Crippen molar-refractivity contribution in [1.82, 2.24) is 0 Å². The van der Waals surface area contributed by atoms with Gasteiger partial charge in [-0.05, 0) is 30.2 Å². The number of rotatable bonds is 3. The molecule has 0 radical (unpaired) electrons. The molecule has 1 aliphatic carbocycles. The first kappa shape index (κ1) is 10.9. The van der Waals surface area contributed by atoms with Crippen molar-refractivity contribution in [2.45, 2.75) is 12.8 Å². The van der Waals surface area contributed by atoms with E-state index in [1.807, 2.05) is 36.4 Å². The summed E-state index contributed by atoms with van der Waals surface area (Å²) in [4.78, 5) is 0. The minimum Gasteiger partial charge on any atom is -0.498 e. The summed E-state index contributed by atoms with van der Waals surface area (Å²) in [5.41, 5.74) is 0.656. The van der Waals surface area contributed by atoms with Crippen LogP contribution < -0.4 is 4.74 Å². The molecule has 0 saturated heterocycles. The Bertz CT molecular complexity index is 636. The van der Waals surface area contributed by atoms with E-state index in [0.717, 1.165) is 10.8 Å². The van der Waals surface area contributed by atoms with Crippen molar-refractivity contribution in [2.75, 3.05) is 6.61 Å². The van der Waals surface area contributed by atoms with E-state index in [1.165, 1.54) is 12.8 Å². The van der Waals surface area contributed by atoms with E-state index in [1.54, 1.807) is 0 Å². The molecule has 0 spiro atoms. The fraction of sp³-hybridized carbons (Fsp3) is 0.267. The maximum absolute atomic E-state index is 10.5. The molecule has 0 bridgehead atoms. The third-order valence-electron chi connectivity index (χ3n) is 3.22. The topological polar surface area (TPSA) is 36.6 Å². The second kappa shape index (κ2) is 4.58. The average Bonchev–Trinajstić information content (AvgIpc) is 3.22. The zero-order valence-electron chi connectivity index (χ0n) is 9.93. The zero-order chi connectivity index (χ0) is 12.4. The molecule has 0 amide bonds. The Balaban J connectivity index is 2.04. The molecule has 3 rings (SSSR count). The smallest absolute Gasteiger partial charge is 0.341 e. The van der Waals surface area contributed by atoms with Crippen LogP contribution in [0.5, 0.6) is 5.75 Å². The molecule has 2 aromatic rings. The lowest BCUT2D eigenvalue weighted by Crippen LogP contribution is -2.00. The van der Waals surface area contributed by atoms with Crippen LogP contribution in [-0.2, 0) is 0 Å². The van der Waals surface area contributed by atoms with E-state index < -0.39 is 0 Å². The summed E-state index contributed by atoms with van der Waals surface area (Å²) in [6.45, 7) is 0.714. The highest BCUT2D eigenvalue weighted by Gasteiger charge is 2.23. The van der Waals surface area contributed by atoms with Gasteiger partial charge in [0.1, 0.15) is 5.75 Å². The van der Waals surface area contributed by atoms with Gasteiger partial charge in [-0.15, -0.1) is 0 Å². The SMILES string of the molecule is [O-][N+]#Cc1c(OCC2CC2)ccc2ccccc12. The predicted octanol–water partition coefficient (Wildman–Crippen LogP) is 3.81. The van der Waals surface area contributed by atoms with Gasteiger partial charge in [0, 0.05) is 10.4 Å². The molecule has 0 N–H and O–H groups in total. The Morgan fingerprint density at radius 1 is 1.22 bits per heavy atom. The minimum absolute atomic E-state index is 0.656. The molecule has 1 saturated carbocycles. The van der Waals surface area contributed by atoms with Crippen molar-refractivity contribution >= 4 is 10.8 Å². The molecule has 0 heterocycles. The van der Waals surface area contributed by atoms with E-state index in [2.05, 4.69) is 11.1 Å². The maximum atomic E-state index is 10.5. The lowest BCUT2D eigenvalue weighted by Gasteiger charge is -2.08. The molecule has 0 unspecified atom stereocenters. The molecule has 0 atom stereocenters. The molecular weight excluding hydrogens is 226 g/mol. The molecule has 0 aliphatic heterocycles. The number of nitrogens with zero attached hydrogens (tertiary/aromatic N) is 1. The van der Waals surface area contributed by atoms with Gasteiger partial charge in [-0.3, -0.25) is 0 Å². The summed E-state index contributed by atoms with van der Waals surface area (Å²) >= 11 is 0. The van der Waals surface area contributed by atoms with E-state index in [9.17, 15) is 5.21 Å². The van der Waals surface area contributed by atoms with Crippen LogP contribution >= 0.6 is 0 Å². The van der Waals surface area contributed by atoms with Crippen molar-refractivity contribution in [2.24, 2.45) is 5.92 Å². The Morgan fingerprint density at radius 2 is 2.06 bits per heavy atom. The molecule has 0 aromatic heterocycles. The predicted molar refractivity (Wildman–Crippen MR) is 71.9 cm³/mol. The fourth-order valence-electron chi connectivity index (χ4n) is 2.02. The van der Waals surface area contributed by atoms with Gasteiger partial charge >= 0.3 is 6.07 Å².